The van der Waals surface area contributed by atoms with Crippen molar-refractivity contribution in [2.45, 2.75) is 38.1 Å². The van der Waals surface area contributed by atoms with Gasteiger partial charge >= 0.3 is 0 Å². The maximum atomic E-state index is 11.6. The van der Waals surface area contributed by atoms with Crippen LogP contribution < -0.4 is 10.6 Å². The van der Waals surface area contributed by atoms with Gasteiger partial charge in [-0.1, -0.05) is 25.0 Å². The number of primary amides is 1. The first-order chi connectivity index (χ1) is 11.3. The fourth-order valence-electron chi connectivity index (χ4n) is 3.55. The number of amides is 1. The van der Waals surface area contributed by atoms with E-state index in [0.717, 1.165) is 32.0 Å². The molecular weight excluding hydrogens is 288 g/mol. The monoisotopic (exact) mass is 314 g/mol. The van der Waals surface area contributed by atoms with E-state index >= 15 is 0 Å². The number of carbonyl (C=O) groups is 1. The van der Waals surface area contributed by atoms with Crippen molar-refractivity contribution in [1.82, 2.24) is 9.88 Å². The van der Waals surface area contributed by atoms with Crippen LogP contribution in [0.1, 0.15) is 42.5 Å². The van der Waals surface area contributed by atoms with Gasteiger partial charge in [0.1, 0.15) is 5.82 Å². The number of carbonyl (C=O) groups excluding carboxylic acids is 1. The molecule has 0 aromatic carbocycles. The molecule has 23 heavy (non-hydrogen) atoms. The largest absolute Gasteiger partial charge is 0.365 e. The lowest BCUT2D eigenvalue weighted by Crippen LogP contribution is -2.50. The Kier molecular flexibility index (Phi) is 5.28. The number of nitrogens with zero attached hydrogens (tertiary/aromatic N) is 3. The smallest absolute Gasteiger partial charge is 0.252 e. The van der Waals surface area contributed by atoms with Crippen LogP contribution in [-0.4, -0.2) is 48.0 Å². The Labute approximate surface area is 138 Å². The van der Waals surface area contributed by atoms with Gasteiger partial charge in [-0.15, -0.1) is 0 Å². The molecule has 0 bridgehead atoms. The molecule has 0 radical (unpaired) electrons. The van der Waals surface area contributed by atoms with Crippen LogP contribution in [0, 0.1) is 0 Å². The molecule has 0 spiro atoms. The van der Waals surface area contributed by atoms with Gasteiger partial charge in [0.25, 0.3) is 5.91 Å². The summed E-state index contributed by atoms with van der Waals surface area (Å²) >= 11 is 0. The predicted octanol–water partition coefficient (Wildman–Crippen LogP) is 2.19. The summed E-state index contributed by atoms with van der Waals surface area (Å²) in [4.78, 5) is 20.7. The van der Waals surface area contributed by atoms with Crippen molar-refractivity contribution in [3.05, 3.63) is 36.0 Å². The first kappa shape index (κ1) is 16.0. The molecule has 1 unspecified atom stereocenters. The number of aromatic nitrogens is 1. The van der Waals surface area contributed by atoms with Gasteiger partial charge in [0, 0.05) is 38.4 Å². The first-order valence-electron chi connectivity index (χ1n) is 8.66. The summed E-state index contributed by atoms with van der Waals surface area (Å²) in [6.07, 6.45) is 12.9. The number of piperazine rings is 1. The molecule has 5 heteroatoms. The van der Waals surface area contributed by atoms with Gasteiger partial charge in [0.05, 0.1) is 5.56 Å². The number of anilines is 1. The lowest BCUT2D eigenvalue weighted by atomic mass is 10.0. The van der Waals surface area contributed by atoms with Crippen molar-refractivity contribution in [3.8, 4) is 0 Å². The highest BCUT2D eigenvalue weighted by Crippen LogP contribution is 2.22. The van der Waals surface area contributed by atoms with E-state index in [1.807, 2.05) is 0 Å². The molecule has 3 rings (SSSR count). The molecule has 2 N–H and O–H groups in total. The number of hydrogen-bond donors (Lipinski definition) is 1. The van der Waals surface area contributed by atoms with Crippen molar-refractivity contribution >= 4 is 11.7 Å². The Morgan fingerprint density at radius 3 is 2.78 bits per heavy atom. The summed E-state index contributed by atoms with van der Waals surface area (Å²) in [7, 11) is 0. The van der Waals surface area contributed by atoms with E-state index in [0.29, 0.717) is 11.6 Å². The standard InChI is InChI=1S/C18H26N4O/c19-17(23)16-9-6-10-20-18(16)22-13-11-21(12-14-22)15-7-4-2-1-3-5-8-15/h4,6-7,9-10,15H,1-3,5,8,11-14H2,(H2,19,23)/b7-4-. The van der Waals surface area contributed by atoms with E-state index < -0.39 is 5.91 Å². The van der Waals surface area contributed by atoms with Gasteiger partial charge in [-0.05, 0) is 31.4 Å². The van der Waals surface area contributed by atoms with Gasteiger partial charge in [0.15, 0.2) is 0 Å². The zero-order chi connectivity index (χ0) is 16.1. The number of pyridine rings is 1. The average Bonchev–Trinajstić information content (AvgIpc) is 2.55. The SMILES string of the molecule is NC(=O)c1cccnc1N1CCN(C2/C=C\CCCCC2)CC1. The maximum Gasteiger partial charge on any atom is 0.252 e. The Balaban J connectivity index is 1.64. The zero-order valence-electron chi connectivity index (χ0n) is 13.7. The third-order valence-electron chi connectivity index (χ3n) is 4.86. The summed E-state index contributed by atoms with van der Waals surface area (Å²) in [6.45, 7) is 3.79. The quantitative estimate of drug-likeness (QED) is 0.869. The minimum atomic E-state index is -0.404. The van der Waals surface area contributed by atoms with E-state index in [4.69, 9.17) is 5.73 Å². The number of allylic oxidation sites excluding steroid dienone is 1. The Hall–Kier alpha value is -1.88. The molecule has 5 nitrogen and oxygen atoms in total. The highest BCUT2D eigenvalue weighted by Gasteiger charge is 2.25. The van der Waals surface area contributed by atoms with Gasteiger partial charge in [0.2, 0.25) is 0 Å². The van der Waals surface area contributed by atoms with Crippen LogP contribution in [-0.2, 0) is 0 Å². The number of rotatable bonds is 3. The van der Waals surface area contributed by atoms with Crippen molar-refractivity contribution in [1.29, 1.82) is 0 Å². The summed E-state index contributed by atoms with van der Waals surface area (Å²) in [6, 6.07) is 4.09. The van der Waals surface area contributed by atoms with E-state index in [2.05, 4.69) is 26.9 Å². The third-order valence-corrected chi connectivity index (χ3v) is 4.86. The minimum Gasteiger partial charge on any atom is -0.365 e. The van der Waals surface area contributed by atoms with Crippen molar-refractivity contribution < 1.29 is 4.79 Å². The fourth-order valence-corrected chi connectivity index (χ4v) is 3.55. The van der Waals surface area contributed by atoms with Crippen LogP contribution in [0.25, 0.3) is 0 Å². The molecule has 124 valence electrons. The van der Waals surface area contributed by atoms with Crippen LogP contribution in [0.3, 0.4) is 0 Å². The topological polar surface area (TPSA) is 62.5 Å². The van der Waals surface area contributed by atoms with Crippen LogP contribution in [0.15, 0.2) is 30.5 Å². The Morgan fingerprint density at radius 2 is 2.00 bits per heavy atom. The second kappa shape index (κ2) is 7.59. The predicted molar refractivity (Wildman–Crippen MR) is 92.6 cm³/mol. The van der Waals surface area contributed by atoms with Crippen LogP contribution in [0.4, 0.5) is 5.82 Å². The summed E-state index contributed by atoms with van der Waals surface area (Å²) in [5, 5.41) is 0. The molecule has 0 saturated carbocycles. The molecule has 1 saturated heterocycles. The molecule has 1 aromatic heterocycles. The molecule has 2 aliphatic rings. The van der Waals surface area contributed by atoms with Gasteiger partial charge in [-0.2, -0.15) is 0 Å². The molecule has 1 aliphatic carbocycles. The molecule has 1 fully saturated rings. The zero-order valence-corrected chi connectivity index (χ0v) is 13.7. The van der Waals surface area contributed by atoms with Crippen LogP contribution in [0.5, 0.6) is 0 Å². The summed E-state index contributed by atoms with van der Waals surface area (Å²) in [5.41, 5.74) is 5.99. The van der Waals surface area contributed by atoms with Gasteiger partial charge < -0.3 is 10.6 Å². The highest BCUT2D eigenvalue weighted by atomic mass is 16.1. The minimum absolute atomic E-state index is 0.404. The lowest BCUT2D eigenvalue weighted by molar-refractivity contribution is 0.1000. The van der Waals surface area contributed by atoms with Crippen molar-refractivity contribution in [3.63, 3.8) is 0 Å². The van der Waals surface area contributed by atoms with Crippen LogP contribution in [0.2, 0.25) is 0 Å². The lowest BCUT2D eigenvalue weighted by Gasteiger charge is -2.39. The van der Waals surface area contributed by atoms with Crippen molar-refractivity contribution in [2.24, 2.45) is 5.73 Å². The van der Waals surface area contributed by atoms with Gasteiger partial charge in [-0.3, -0.25) is 9.69 Å². The summed E-state index contributed by atoms with van der Waals surface area (Å²) in [5.74, 6) is 0.325. The fraction of sp³-hybridized carbons (Fsp3) is 0.556. The van der Waals surface area contributed by atoms with E-state index in [1.54, 1.807) is 18.3 Å². The average molecular weight is 314 g/mol. The highest BCUT2D eigenvalue weighted by molar-refractivity contribution is 5.97. The third kappa shape index (κ3) is 3.91. The summed E-state index contributed by atoms with van der Waals surface area (Å²) < 4.78 is 0. The Bertz CT molecular complexity index is 564. The normalized spacial score (nSPS) is 24.7. The second-order valence-electron chi connectivity index (χ2n) is 6.40. The molecular formula is C18H26N4O. The molecule has 2 heterocycles. The number of hydrogen-bond acceptors (Lipinski definition) is 4. The van der Waals surface area contributed by atoms with Gasteiger partial charge in [-0.25, -0.2) is 4.98 Å². The molecule has 1 aliphatic heterocycles. The first-order valence-corrected chi connectivity index (χ1v) is 8.66. The van der Waals surface area contributed by atoms with E-state index in [-0.39, 0.29) is 0 Å². The molecule has 1 aromatic rings. The second-order valence-corrected chi connectivity index (χ2v) is 6.40. The maximum absolute atomic E-state index is 11.6. The van der Waals surface area contributed by atoms with Crippen molar-refractivity contribution in [2.75, 3.05) is 31.1 Å². The van der Waals surface area contributed by atoms with Crippen LogP contribution >= 0.6 is 0 Å². The Morgan fingerprint density at radius 1 is 1.17 bits per heavy atom. The van der Waals surface area contributed by atoms with E-state index in [1.165, 1.54) is 32.1 Å². The molecule has 1 atom stereocenters. The van der Waals surface area contributed by atoms with E-state index in [9.17, 15) is 4.79 Å². The molecule has 1 amide bonds. The number of nitrogens with two attached hydrogens (primary N) is 1.